The van der Waals surface area contributed by atoms with E-state index >= 15 is 0 Å². The Morgan fingerprint density at radius 1 is 0.958 bits per heavy atom. The summed E-state index contributed by atoms with van der Waals surface area (Å²) < 4.78 is 0. The minimum Gasteiger partial charge on any atom is -0.353 e. The number of rotatable bonds is 6. The fourth-order valence-corrected chi connectivity index (χ4v) is 2.90. The van der Waals surface area contributed by atoms with Crippen molar-refractivity contribution in [3.8, 4) is 0 Å². The van der Waals surface area contributed by atoms with Crippen LogP contribution in [-0.2, 0) is 0 Å². The summed E-state index contributed by atoms with van der Waals surface area (Å²) in [5.41, 5.74) is 0. The van der Waals surface area contributed by atoms with Gasteiger partial charge in [-0.05, 0) is 24.6 Å². The summed E-state index contributed by atoms with van der Waals surface area (Å²) in [5.74, 6) is 2.89. The predicted molar refractivity (Wildman–Crippen MR) is 98.9 cm³/mol. The number of hydrogen-bond donors (Lipinski definition) is 0. The molecule has 1 aliphatic rings. The van der Waals surface area contributed by atoms with Crippen molar-refractivity contribution in [2.24, 2.45) is 0 Å². The van der Waals surface area contributed by atoms with E-state index in [1.165, 1.54) is 6.42 Å². The molecule has 0 amide bonds. The number of pyridine rings is 1. The van der Waals surface area contributed by atoms with Gasteiger partial charge in [-0.15, -0.1) is 0 Å². The maximum Gasteiger partial charge on any atom is 0.226 e. The Morgan fingerprint density at radius 2 is 1.71 bits per heavy atom. The van der Waals surface area contributed by atoms with Crippen LogP contribution in [0, 0.1) is 0 Å². The standard InChI is InChI=1S/C18H26N6/c1-3-4-11-22(2)18-20-10-8-17(21-18)24-14-12-23(13-15-24)16-7-5-6-9-19-16/h5-10H,3-4,11-15H2,1-2H3. The number of piperazine rings is 1. The van der Waals surface area contributed by atoms with E-state index in [0.717, 1.165) is 56.7 Å². The zero-order chi connectivity index (χ0) is 16.8. The molecule has 0 N–H and O–H groups in total. The highest BCUT2D eigenvalue weighted by molar-refractivity contribution is 5.47. The van der Waals surface area contributed by atoms with Gasteiger partial charge in [-0.1, -0.05) is 19.4 Å². The van der Waals surface area contributed by atoms with E-state index in [1.807, 2.05) is 30.6 Å². The van der Waals surface area contributed by atoms with Crippen molar-refractivity contribution < 1.29 is 0 Å². The lowest BCUT2D eigenvalue weighted by atomic mass is 10.3. The van der Waals surface area contributed by atoms with Gasteiger partial charge in [-0.3, -0.25) is 0 Å². The second kappa shape index (κ2) is 7.95. The largest absolute Gasteiger partial charge is 0.353 e. The van der Waals surface area contributed by atoms with Gasteiger partial charge in [-0.2, -0.15) is 4.98 Å². The van der Waals surface area contributed by atoms with Gasteiger partial charge in [0.25, 0.3) is 0 Å². The Morgan fingerprint density at radius 3 is 2.38 bits per heavy atom. The van der Waals surface area contributed by atoms with E-state index in [9.17, 15) is 0 Å². The molecule has 2 aromatic heterocycles. The van der Waals surface area contributed by atoms with Crippen LogP contribution in [0.3, 0.4) is 0 Å². The molecule has 6 nitrogen and oxygen atoms in total. The van der Waals surface area contributed by atoms with Crippen molar-refractivity contribution in [2.45, 2.75) is 19.8 Å². The van der Waals surface area contributed by atoms with Crippen molar-refractivity contribution in [2.75, 3.05) is 54.5 Å². The Hall–Kier alpha value is -2.37. The molecule has 128 valence electrons. The average molecular weight is 326 g/mol. The SMILES string of the molecule is CCCCN(C)c1nccc(N2CCN(c3ccccn3)CC2)n1. The van der Waals surface area contributed by atoms with Gasteiger partial charge < -0.3 is 14.7 Å². The third-order valence-corrected chi connectivity index (χ3v) is 4.39. The van der Waals surface area contributed by atoms with Crippen LogP contribution < -0.4 is 14.7 Å². The van der Waals surface area contributed by atoms with Crippen molar-refractivity contribution in [3.05, 3.63) is 36.7 Å². The molecular weight excluding hydrogens is 300 g/mol. The minimum absolute atomic E-state index is 0.813. The summed E-state index contributed by atoms with van der Waals surface area (Å²) in [6.45, 7) is 7.01. The number of aromatic nitrogens is 3. The molecule has 0 spiro atoms. The van der Waals surface area contributed by atoms with E-state index in [1.54, 1.807) is 0 Å². The average Bonchev–Trinajstić information content (AvgIpc) is 2.67. The third-order valence-electron chi connectivity index (χ3n) is 4.39. The molecule has 1 aliphatic heterocycles. The number of hydrogen-bond acceptors (Lipinski definition) is 6. The highest BCUT2D eigenvalue weighted by atomic mass is 15.3. The molecule has 1 saturated heterocycles. The van der Waals surface area contributed by atoms with E-state index in [2.05, 4.69) is 44.7 Å². The third kappa shape index (κ3) is 3.93. The number of nitrogens with zero attached hydrogens (tertiary/aromatic N) is 6. The zero-order valence-corrected chi connectivity index (χ0v) is 14.6. The first-order chi connectivity index (χ1) is 11.8. The monoisotopic (exact) mass is 326 g/mol. The van der Waals surface area contributed by atoms with Gasteiger partial charge in [0.2, 0.25) is 5.95 Å². The van der Waals surface area contributed by atoms with Gasteiger partial charge in [0.05, 0.1) is 0 Å². The molecule has 1 fully saturated rings. The molecule has 0 aliphatic carbocycles. The number of unbranched alkanes of at least 4 members (excludes halogenated alkanes) is 1. The lowest BCUT2D eigenvalue weighted by molar-refractivity contribution is 0.640. The van der Waals surface area contributed by atoms with Crippen molar-refractivity contribution in [3.63, 3.8) is 0 Å². The van der Waals surface area contributed by atoms with Crippen molar-refractivity contribution >= 4 is 17.6 Å². The van der Waals surface area contributed by atoms with Crippen LogP contribution in [0.5, 0.6) is 0 Å². The highest BCUT2D eigenvalue weighted by Crippen LogP contribution is 2.19. The predicted octanol–water partition coefficient (Wildman–Crippen LogP) is 2.43. The zero-order valence-electron chi connectivity index (χ0n) is 14.6. The first kappa shape index (κ1) is 16.5. The van der Waals surface area contributed by atoms with Crippen LogP contribution in [0.2, 0.25) is 0 Å². The molecule has 3 rings (SSSR count). The maximum atomic E-state index is 4.75. The quantitative estimate of drug-likeness (QED) is 0.812. The van der Waals surface area contributed by atoms with E-state index in [0.29, 0.717) is 0 Å². The van der Waals surface area contributed by atoms with Gasteiger partial charge in [0.1, 0.15) is 11.6 Å². The summed E-state index contributed by atoms with van der Waals surface area (Å²) in [6, 6.07) is 8.07. The van der Waals surface area contributed by atoms with Crippen molar-refractivity contribution in [1.82, 2.24) is 15.0 Å². The van der Waals surface area contributed by atoms with E-state index in [-0.39, 0.29) is 0 Å². The Balaban J connectivity index is 1.62. The highest BCUT2D eigenvalue weighted by Gasteiger charge is 2.19. The second-order valence-electron chi connectivity index (χ2n) is 6.15. The lowest BCUT2D eigenvalue weighted by Gasteiger charge is -2.36. The summed E-state index contributed by atoms with van der Waals surface area (Å²) in [4.78, 5) is 20.4. The van der Waals surface area contributed by atoms with Gasteiger partial charge in [0.15, 0.2) is 0 Å². The first-order valence-electron chi connectivity index (χ1n) is 8.73. The topological polar surface area (TPSA) is 48.4 Å². The van der Waals surface area contributed by atoms with Crippen LogP contribution in [0.1, 0.15) is 19.8 Å². The second-order valence-corrected chi connectivity index (χ2v) is 6.15. The fraction of sp³-hybridized carbons (Fsp3) is 0.500. The summed E-state index contributed by atoms with van der Waals surface area (Å²) in [6.07, 6.45) is 6.06. The van der Waals surface area contributed by atoms with Crippen LogP contribution in [0.4, 0.5) is 17.6 Å². The molecule has 0 unspecified atom stereocenters. The van der Waals surface area contributed by atoms with Crippen molar-refractivity contribution in [1.29, 1.82) is 0 Å². The Kier molecular flexibility index (Phi) is 5.46. The first-order valence-corrected chi connectivity index (χ1v) is 8.73. The minimum atomic E-state index is 0.813. The molecule has 0 bridgehead atoms. The Bertz CT molecular complexity index is 624. The molecule has 24 heavy (non-hydrogen) atoms. The maximum absolute atomic E-state index is 4.75. The molecule has 0 radical (unpaired) electrons. The van der Waals surface area contributed by atoms with Gasteiger partial charge >= 0.3 is 0 Å². The van der Waals surface area contributed by atoms with Crippen LogP contribution in [-0.4, -0.2) is 54.7 Å². The summed E-state index contributed by atoms with van der Waals surface area (Å²) in [7, 11) is 2.06. The molecule has 0 atom stereocenters. The molecule has 3 heterocycles. The van der Waals surface area contributed by atoms with Crippen LogP contribution >= 0.6 is 0 Å². The summed E-state index contributed by atoms with van der Waals surface area (Å²) in [5, 5.41) is 0. The molecule has 0 saturated carbocycles. The van der Waals surface area contributed by atoms with E-state index in [4.69, 9.17) is 4.98 Å². The molecular formula is C18H26N6. The molecule has 2 aromatic rings. The van der Waals surface area contributed by atoms with Crippen LogP contribution in [0.25, 0.3) is 0 Å². The molecule has 6 heteroatoms. The van der Waals surface area contributed by atoms with Crippen LogP contribution in [0.15, 0.2) is 36.7 Å². The summed E-state index contributed by atoms with van der Waals surface area (Å²) >= 11 is 0. The molecule has 0 aromatic carbocycles. The van der Waals surface area contributed by atoms with E-state index < -0.39 is 0 Å². The lowest BCUT2D eigenvalue weighted by Crippen LogP contribution is -2.47. The fourth-order valence-electron chi connectivity index (χ4n) is 2.90. The Labute approximate surface area is 144 Å². The van der Waals surface area contributed by atoms with Gasteiger partial charge in [-0.25, -0.2) is 9.97 Å². The normalized spacial score (nSPS) is 14.8. The van der Waals surface area contributed by atoms with Gasteiger partial charge in [0, 0.05) is 52.2 Å². The number of anilines is 3. The smallest absolute Gasteiger partial charge is 0.226 e.